The lowest BCUT2D eigenvalue weighted by Crippen LogP contribution is -2.40. The molecule has 0 aliphatic rings. The topological polar surface area (TPSA) is 78.3 Å². The zero-order valence-electron chi connectivity index (χ0n) is 8.67. The van der Waals surface area contributed by atoms with Gasteiger partial charge in [0.05, 0.1) is 6.61 Å². The Hall–Kier alpha value is -0.393. The minimum atomic E-state index is -1.04. The van der Waals surface area contributed by atoms with Gasteiger partial charge in [0.2, 0.25) is 5.91 Å². The van der Waals surface area contributed by atoms with Gasteiger partial charge in [0.1, 0.15) is 6.04 Å². The van der Waals surface area contributed by atoms with E-state index in [0.717, 1.165) is 6.04 Å². The smallest absolute Gasteiger partial charge is 0.236 e. The van der Waals surface area contributed by atoms with Crippen LogP contribution in [0, 0.1) is 0 Å². The number of ether oxygens (including phenoxy) is 1. The second-order valence-electron chi connectivity index (χ2n) is 4.39. The van der Waals surface area contributed by atoms with E-state index in [9.17, 15) is 4.79 Å². The average molecular weight is 204 g/mol. The molecule has 0 rings (SSSR count). The van der Waals surface area contributed by atoms with Gasteiger partial charge < -0.3 is 16.2 Å². The van der Waals surface area contributed by atoms with Crippen molar-refractivity contribution in [2.24, 2.45) is 11.5 Å². The highest BCUT2D eigenvalue weighted by molar-refractivity contribution is 6.76. The van der Waals surface area contributed by atoms with E-state index in [4.69, 9.17) is 16.2 Å². The fourth-order valence-electron chi connectivity index (χ4n) is 0.671. The molecule has 4 nitrogen and oxygen atoms in total. The summed E-state index contributed by atoms with van der Waals surface area (Å²) in [7, 11) is -1.04. The largest absolute Gasteiger partial charge is 0.380 e. The van der Waals surface area contributed by atoms with E-state index in [2.05, 4.69) is 19.6 Å². The molecule has 0 radical (unpaired) electrons. The Labute approximate surface area is 80.6 Å². The molecule has 0 fully saturated rings. The summed E-state index contributed by atoms with van der Waals surface area (Å²) >= 11 is 0. The lowest BCUT2D eigenvalue weighted by atomic mass is 10.3. The highest BCUT2D eigenvalue weighted by atomic mass is 28.3. The maximum Gasteiger partial charge on any atom is 0.236 e. The van der Waals surface area contributed by atoms with Crippen molar-refractivity contribution in [1.29, 1.82) is 0 Å². The molecule has 78 valence electrons. The molecule has 1 amide bonds. The third-order valence-corrected chi connectivity index (χ3v) is 3.36. The molecule has 4 N–H and O–H groups in total. The number of hydrogen-bond donors (Lipinski definition) is 2. The maximum atomic E-state index is 10.5. The molecule has 0 saturated heterocycles. The third-order valence-electron chi connectivity index (χ3n) is 1.66. The molecular formula is C8H20N2O2Si. The van der Waals surface area contributed by atoms with Crippen molar-refractivity contribution in [3.8, 4) is 0 Å². The number of carbonyl (C=O) groups excluding carboxylic acids is 1. The highest BCUT2D eigenvalue weighted by Gasteiger charge is 2.13. The maximum absolute atomic E-state index is 10.5. The molecule has 0 saturated carbocycles. The number of amides is 1. The van der Waals surface area contributed by atoms with Gasteiger partial charge in [-0.15, -0.1) is 0 Å². The second kappa shape index (κ2) is 5.36. The van der Waals surface area contributed by atoms with Gasteiger partial charge in [-0.3, -0.25) is 4.79 Å². The van der Waals surface area contributed by atoms with Gasteiger partial charge in [-0.05, 0) is 6.04 Å². The normalized spacial score (nSPS) is 14.2. The van der Waals surface area contributed by atoms with Crippen molar-refractivity contribution < 1.29 is 9.53 Å². The Bertz CT molecular complexity index is 168. The van der Waals surface area contributed by atoms with E-state index in [1.807, 2.05) is 0 Å². The van der Waals surface area contributed by atoms with Crippen LogP contribution in [-0.4, -0.2) is 33.2 Å². The van der Waals surface area contributed by atoms with Crippen LogP contribution in [0.25, 0.3) is 0 Å². The lowest BCUT2D eigenvalue weighted by Gasteiger charge is -2.16. The first kappa shape index (κ1) is 12.6. The van der Waals surface area contributed by atoms with Crippen LogP contribution in [-0.2, 0) is 9.53 Å². The number of nitrogens with two attached hydrogens (primary N) is 2. The molecule has 0 heterocycles. The van der Waals surface area contributed by atoms with Gasteiger partial charge in [-0.25, -0.2) is 0 Å². The monoisotopic (exact) mass is 204 g/mol. The number of primary amides is 1. The molecule has 5 heteroatoms. The van der Waals surface area contributed by atoms with E-state index in [0.29, 0.717) is 6.61 Å². The molecule has 0 aliphatic heterocycles. The molecule has 0 aromatic carbocycles. The molecule has 1 atom stereocenters. The minimum absolute atomic E-state index is 0.236. The molecule has 0 aromatic heterocycles. The van der Waals surface area contributed by atoms with Crippen molar-refractivity contribution in [2.75, 3.05) is 13.2 Å². The molecule has 1 unspecified atom stereocenters. The summed E-state index contributed by atoms with van der Waals surface area (Å²) in [5.41, 5.74) is 10.3. The van der Waals surface area contributed by atoms with Crippen molar-refractivity contribution >= 4 is 14.0 Å². The van der Waals surface area contributed by atoms with Gasteiger partial charge in [-0.2, -0.15) is 0 Å². The van der Waals surface area contributed by atoms with Gasteiger partial charge in [-0.1, -0.05) is 19.6 Å². The standard InChI is InChI=1S/C8H20N2O2Si/c1-13(2,3)5-4-12-6-7(9)8(10)11/h7H,4-6,9H2,1-3H3,(H2,10,11). The molecule has 0 bridgehead atoms. The molecule has 0 spiro atoms. The van der Waals surface area contributed by atoms with Gasteiger partial charge >= 0.3 is 0 Å². The van der Waals surface area contributed by atoms with Crippen molar-refractivity contribution in [3.63, 3.8) is 0 Å². The van der Waals surface area contributed by atoms with Gasteiger partial charge in [0.15, 0.2) is 0 Å². The van der Waals surface area contributed by atoms with Crippen LogP contribution in [0.2, 0.25) is 25.7 Å². The van der Waals surface area contributed by atoms with Gasteiger partial charge in [0, 0.05) is 14.7 Å². The van der Waals surface area contributed by atoms with Crippen LogP contribution >= 0.6 is 0 Å². The first-order valence-electron chi connectivity index (χ1n) is 4.45. The summed E-state index contributed by atoms with van der Waals surface area (Å²) < 4.78 is 5.24. The van der Waals surface area contributed by atoms with Crippen molar-refractivity contribution in [2.45, 2.75) is 31.7 Å². The van der Waals surface area contributed by atoms with Crippen molar-refractivity contribution in [3.05, 3.63) is 0 Å². The van der Waals surface area contributed by atoms with Crippen LogP contribution in [0.3, 0.4) is 0 Å². The van der Waals surface area contributed by atoms with E-state index in [-0.39, 0.29) is 6.61 Å². The molecule has 0 aromatic rings. The van der Waals surface area contributed by atoms with Crippen molar-refractivity contribution in [1.82, 2.24) is 0 Å². The fraction of sp³-hybridized carbons (Fsp3) is 0.875. The number of hydrogen-bond acceptors (Lipinski definition) is 3. The summed E-state index contributed by atoms with van der Waals surface area (Å²) in [5, 5.41) is 0. The third kappa shape index (κ3) is 7.95. The summed E-state index contributed by atoms with van der Waals surface area (Å²) in [6.45, 7) is 7.72. The summed E-state index contributed by atoms with van der Waals surface area (Å²) in [4.78, 5) is 10.5. The average Bonchev–Trinajstić information content (AvgIpc) is 1.95. The van der Waals surface area contributed by atoms with E-state index in [1.165, 1.54) is 0 Å². The SMILES string of the molecule is C[Si](C)(C)CCOCC(N)C(N)=O. The second-order valence-corrected chi connectivity index (χ2v) is 10.0. The van der Waals surface area contributed by atoms with Crippen LogP contribution < -0.4 is 11.5 Å². The minimum Gasteiger partial charge on any atom is -0.380 e. The van der Waals surface area contributed by atoms with Crippen LogP contribution in [0.15, 0.2) is 0 Å². The van der Waals surface area contributed by atoms with Crippen LogP contribution in [0.4, 0.5) is 0 Å². The number of rotatable bonds is 6. The Morgan fingerprint density at radius 2 is 2.00 bits per heavy atom. The Balaban J connectivity index is 3.41. The predicted octanol–water partition coefficient (Wildman–Crippen LogP) is 0.154. The van der Waals surface area contributed by atoms with E-state index < -0.39 is 20.0 Å². The number of carbonyl (C=O) groups is 1. The highest BCUT2D eigenvalue weighted by Crippen LogP contribution is 2.07. The Morgan fingerprint density at radius 3 is 2.38 bits per heavy atom. The quantitative estimate of drug-likeness (QED) is 0.477. The summed E-state index contributed by atoms with van der Waals surface area (Å²) in [6, 6.07) is 0.417. The van der Waals surface area contributed by atoms with Gasteiger partial charge in [0.25, 0.3) is 0 Å². The predicted molar refractivity (Wildman–Crippen MR) is 56.1 cm³/mol. The van der Waals surface area contributed by atoms with Crippen LogP contribution in [0.1, 0.15) is 0 Å². The first-order chi connectivity index (χ1) is 5.83. The van der Waals surface area contributed by atoms with E-state index >= 15 is 0 Å². The fourth-order valence-corrected chi connectivity index (χ4v) is 1.43. The molecule has 13 heavy (non-hydrogen) atoms. The molecule has 0 aliphatic carbocycles. The summed E-state index contributed by atoms with van der Waals surface area (Å²) in [5.74, 6) is -0.506. The first-order valence-corrected chi connectivity index (χ1v) is 8.16. The zero-order chi connectivity index (χ0) is 10.5. The Kier molecular flexibility index (Phi) is 5.20. The Morgan fingerprint density at radius 1 is 1.46 bits per heavy atom. The summed E-state index contributed by atoms with van der Waals surface area (Å²) in [6.07, 6.45) is 0. The van der Waals surface area contributed by atoms with Crippen LogP contribution in [0.5, 0.6) is 0 Å². The van der Waals surface area contributed by atoms with E-state index in [1.54, 1.807) is 0 Å². The lowest BCUT2D eigenvalue weighted by molar-refractivity contribution is -0.120. The molecular weight excluding hydrogens is 184 g/mol. The zero-order valence-corrected chi connectivity index (χ0v) is 9.67.